The van der Waals surface area contributed by atoms with Crippen molar-refractivity contribution in [2.45, 2.75) is 12.8 Å². The topological polar surface area (TPSA) is 77.2 Å². The molecular weight excluding hydrogens is 274 g/mol. The second kappa shape index (κ2) is 5.60. The summed E-state index contributed by atoms with van der Waals surface area (Å²) in [6, 6.07) is 6.07. The average molecular weight is 289 g/mol. The minimum Gasteiger partial charge on any atom is -0.493 e. The van der Waals surface area contributed by atoms with E-state index in [0.717, 1.165) is 30.0 Å². The highest BCUT2D eigenvalue weighted by atomic mass is 32.1. The van der Waals surface area contributed by atoms with E-state index in [9.17, 15) is 4.79 Å². The van der Waals surface area contributed by atoms with Crippen molar-refractivity contribution in [2.24, 2.45) is 5.73 Å². The Kier molecular flexibility index (Phi) is 3.66. The molecule has 3 N–H and O–H groups in total. The van der Waals surface area contributed by atoms with Crippen molar-refractivity contribution in [1.29, 1.82) is 0 Å². The molecule has 6 heteroatoms. The standard InChI is InChI=1S/C14H15N3O2S/c15-5-3-13(18)17-14-16-11(8-20-14)9-1-2-12-10(7-9)4-6-19-12/h1-2,7-8H,3-6,15H2,(H,16,17,18). The molecule has 2 aromatic rings. The molecule has 0 saturated heterocycles. The van der Waals surface area contributed by atoms with Crippen LogP contribution in [0.2, 0.25) is 0 Å². The largest absolute Gasteiger partial charge is 0.493 e. The van der Waals surface area contributed by atoms with Gasteiger partial charge in [0.15, 0.2) is 5.13 Å². The first kappa shape index (κ1) is 13.1. The van der Waals surface area contributed by atoms with E-state index in [-0.39, 0.29) is 5.91 Å². The predicted molar refractivity (Wildman–Crippen MR) is 79.1 cm³/mol. The first-order chi connectivity index (χ1) is 9.76. The van der Waals surface area contributed by atoms with Crippen molar-refractivity contribution in [1.82, 2.24) is 4.98 Å². The quantitative estimate of drug-likeness (QED) is 0.903. The van der Waals surface area contributed by atoms with Gasteiger partial charge in [-0.2, -0.15) is 0 Å². The molecule has 0 bridgehead atoms. The Morgan fingerprint density at radius 2 is 2.40 bits per heavy atom. The second-order valence-corrected chi connectivity index (χ2v) is 5.40. The molecule has 0 aliphatic carbocycles. The number of ether oxygens (including phenoxy) is 1. The number of thiazole rings is 1. The van der Waals surface area contributed by atoms with Crippen LogP contribution in [0.3, 0.4) is 0 Å². The van der Waals surface area contributed by atoms with Gasteiger partial charge >= 0.3 is 0 Å². The minimum atomic E-state index is -0.101. The molecule has 1 aliphatic rings. The van der Waals surface area contributed by atoms with Gasteiger partial charge in [-0.15, -0.1) is 11.3 Å². The monoisotopic (exact) mass is 289 g/mol. The van der Waals surface area contributed by atoms with Crippen molar-refractivity contribution < 1.29 is 9.53 Å². The molecule has 0 unspecified atom stereocenters. The maximum Gasteiger partial charge on any atom is 0.227 e. The Bertz CT molecular complexity index is 639. The third-order valence-electron chi connectivity index (χ3n) is 3.11. The Morgan fingerprint density at radius 1 is 1.50 bits per heavy atom. The molecule has 0 spiro atoms. The van der Waals surface area contributed by atoms with E-state index in [1.165, 1.54) is 16.9 Å². The van der Waals surface area contributed by atoms with Crippen LogP contribution in [0.1, 0.15) is 12.0 Å². The number of rotatable bonds is 4. The van der Waals surface area contributed by atoms with Gasteiger partial charge < -0.3 is 15.8 Å². The number of nitrogens with two attached hydrogens (primary N) is 1. The summed E-state index contributed by atoms with van der Waals surface area (Å²) >= 11 is 1.42. The van der Waals surface area contributed by atoms with E-state index in [1.807, 2.05) is 17.5 Å². The van der Waals surface area contributed by atoms with E-state index in [1.54, 1.807) is 0 Å². The maximum atomic E-state index is 11.5. The molecule has 2 heterocycles. The molecule has 0 radical (unpaired) electrons. The molecule has 1 aromatic heterocycles. The highest BCUT2D eigenvalue weighted by Gasteiger charge is 2.14. The number of anilines is 1. The van der Waals surface area contributed by atoms with Crippen LogP contribution in [-0.4, -0.2) is 24.0 Å². The SMILES string of the molecule is NCCC(=O)Nc1nc(-c2ccc3c(c2)CCO3)cs1. The van der Waals surface area contributed by atoms with E-state index in [0.29, 0.717) is 18.1 Å². The highest BCUT2D eigenvalue weighted by molar-refractivity contribution is 7.14. The summed E-state index contributed by atoms with van der Waals surface area (Å²) in [4.78, 5) is 15.9. The fraction of sp³-hybridized carbons (Fsp3) is 0.286. The summed E-state index contributed by atoms with van der Waals surface area (Å²) in [6.07, 6.45) is 1.25. The van der Waals surface area contributed by atoms with Crippen LogP contribution in [-0.2, 0) is 11.2 Å². The number of hydrogen-bond acceptors (Lipinski definition) is 5. The number of carbonyl (C=O) groups excluding carboxylic acids is 1. The molecule has 1 aliphatic heterocycles. The van der Waals surface area contributed by atoms with Crippen molar-refractivity contribution in [3.05, 3.63) is 29.1 Å². The summed E-state index contributed by atoms with van der Waals surface area (Å²) in [5.41, 5.74) is 8.47. The fourth-order valence-corrected chi connectivity index (χ4v) is 2.86. The van der Waals surface area contributed by atoms with Gasteiger partial charge in [-0.1, -0.05) is 0 Å². The number of fused-ring (bicyclic) bond motifs is 1. The third kappa shape index (κ3) is 2.66. The number of amides is 1. The predicted octanol–water partition coefficient (Wildman–Crippen LogP) is 2.03. The van der Waals surface area contributed by atoms with Gasteiger partial charge in [-0.05, 0) is 23.8 Å². The lowest BCUT2D eigenvalue weighted by Gasteiger charge is -2.01. The third-order valence-corrected chi connectivity index (χ3v) is 3.86. The van der Waals surface area contributed by atoms with Crippen molar-refractivity contribution in [3.63, 3.8) is 0 Å². The molecule has 5 nitrogen and oxygen atoms in total. The van der Waals surface area contributed by atoms with Crippen molar-refractivity contribution >= 4 is 22.4 Å². The van der Waals surface area contributed by atoms with E-state index in [2.05, 4.69) is 16.4 Å². The molecular formula is C14H15N3O2S. The van der Waals surface area contributed by atoms with Crippen LogP contribution in [0.5, 0.6) is 5.75 Å². The minimum absolute atomic E-state index is 0.101. The number of nitrogens with zero attached hydrogens (tertiary/aromatic N) is 1. The van der Waals surface area contributed by atoms with Gasteiger partial charge in [0.1, 0.15) is 5.75 Å². The Balaban J connectivity index is 1.78. The number of carbonyl (C=O) groups is 1. The summed E-state index contributed by atoms with van der Waals surface area (Å²) in [5, 5.41) is 5.30. The van der Waals surface area contributed by atoms with E-state index < -0.39 is 0 Å². The smallest absolute Gasteiger partial charge is 0.227 e. The van der Waals surface area contributed by atoms with Gasteiger partial charge in [0.25, 0.3) is 0 Å². The molecule has 20 heavy (non-hydrogen) atoms. The molecule has 0 fully saturated rings. The number of hydrogen-bond donors (Lipinski definition) is 2. The van der Waals surface area contributed by atoms with E-state index in [4.69, 9.17) is 10.5 Å². The Morgan fingerprint density at radius 3 is 3.25 bits per heavy atom. The summed E-state index contributed by atoms with van der Waals surface area (Å²) in [6.45, 7) is 1.09. The van der Waals surface area contributed by atoms with Crippen LogP contribution < -0.4 is 15.8 Å². The highest BCUT2D eigenvalue weighted by Crippen LogP contribution is 2.31. The molecule has 0 saturated carbocycles. The van der Waals surface area contributed by atoms with Crippen molar-refractivity contribution in [3.8, 4) is 17.0 Å². The fourth-order valence-electron chi connectivity index (χ4n) is 2.12. The zero-order chi connectivity index (χ0) is 13.9. The van der Waals surface area contributed by atoms with Crippen LogP contribution in [0, 0.1) is 0 Å². The molecule has 1 aromatic carbocycles. The lowest BCUT2D eigenvalue weighted by atomic mass is 10.1. The van der Waals surface area contributed by atoms with Crippen LogP contribution >= 0.6 is 11.3 Å². The zero-order valence-corrected chi connectivity index (χ0v) is 11.7. The normalized spacial score (nSPS) is 12.8. The number of aromatic nitrogens is 1. The lowest BCUT2D eigenvalue weighted by Crippen LogP contribution is -2.15. The van der Waals surface area contributed by atoms with Gasteiger partial charge in [0.2, 0.25) is 5.91 Å². The first-order valence-electron chi connectivity index (χ1n) is 6.48. The van der Waals surface area contributed by atoms with Crippen LogP contribution in [0.25, 0.3) is 11.3 Å². The summed E-state index contributed by atoms with van der Waals surface area (Å²) in [5.74, 6) is 0.858. The van der Waals surface area contributed by atoms with Gasteiger partial charge in [-0.25, -0.2) is 4.98 Å². The molecule has 104 valence electrons. The maximum absolute atomic E-state index is 11.5. The number of benzene rings is 1. The lowest BCUT2D eigenvalue weighted by molar-refractivity contribution is -0.116. The summed E-state index contributed by atoms with van der Waals surface area (Å²) < 4.78 is 5.49. The molecule has 3 rings (SSSR count). The van der Waals surface area contributed by atoms with Gasteiger partial charge in [0, 0.05) is 30.3 Å². The Hall–Kier alpha value is -1.92. The average Bonchev–Trinajstić information content (AvgIpc) is 3.06. The van der Waals surface area contributed by atoms with Gasteiger partial charge in [-0.3, -0.25) is 4.79 Å². The summed E-state index contributed by atoms with van der Waals surface area (Å²) in [7, 11) is 0. The Labute approximate surface area is 120 Å². The van der Waals surface area contributed by atoms with E-state index >= 15 is 0 Å². The molecule has 0 atom stereocenters. The van der Waals surface area contributed by atoms with Crippen LogP contribution in [0.4, 0.5) is 5.13 Å². The number of nitrogens with one attached hydrogen (secondary N) is 1. The van der Waals surface area contributed by atoms with Crippen molar-refractivity contribution in [2.75, 3.05) is 18.5 Å². The second-order valence-electron chi connectivity index (χ2n) is 4.55. The zero-order valence-electron chi connectivity index (χ0n) is 10.9. The molecule has 1 amide bonds. The van der Waals surface area contributed by atoms with Gasteiger partial charge in [0.05, 0.1) is 12.3 Å². The first-order valence-corrected chi connectivity index (χ1v) is 7.36. The van der Waals surface area contributed by atoms with Crippen LogP contribution in [0.15, 0.2) is 23.6 Å².